The Labute approximate surface area is 164 Å². The number of carbonyl (C=O) groups excluding carboxylic acids is 1. The van der Waals surface area contributed by atoms with E-state index < -0.39 is 0 Å². The highest BCUT2D eigenvalue weighted by molar-refractivity contribution is 6.04. The summed E-state index contributed by atoms with van der Waals surface area (Å²) in [5, 5.41) is 2.89. The lowest BCUT2D eigenvalue weighted by Gasteiger charge is -2.13. The van der Waals surface area contributed by atoms with E-state index >= 15 is 0 Å². The van der Waals surface area contributed by atoms with Gasteiger partial charge in [0.15, 0.2) is 11.5 Å². The third-order valence-electron chi connectivity index (χ3n) is 4.02. The van der Waals surface area contributed by atoms with Gasteiger partial charge in [0.2, 0.25) is 0 Å². The van der Waals surface area contributed by atoms with Crippen molar-refractivity contribution in [1.82, 2.24) is 4.98 Å². The number of carbonyl (C=O) groups is 1. The number of hydrogen-bond acceptors (Lipinski definition) is 5. The lowest BCUT2D eigenvalue weighted by molar-refractivity contribution is 0.102. The van der Waals surface area contributed by atoms with Crippen molar-refractivity contribution in [3.05, 3.63) is 72.1 Å². The highest BCUT2D eigenvalue weighted by atomic mass is 16.5. The fraction of sp³-hybridized carbons (Fsp3) is 0.182. The van der Waals surface area contributed by atoms with E-state index in [0.29, 0.717) is 40.9 Å². The average Bonchev–Trinajstić information content (AvgIpc) is 2.71. The first-order chi connectivity index (χ1) is 13.6. The molecule has 0 spiro atoms. The first-order valence-electron chi connectivity index (χ1n) is 8.91. The van der Waals surface area contributed by atoms with Crippen LogP contribution in [-0.2, 0) is 0 Å². The Hall–Kier alpha value is -3.54. The SMILES string of the molecule is CCOc1ccc(C(=O)Nc2ccc(Oc3cccnc3)c(C)c2)cc1OC. The normalized spacial score (nSPS) is 10.2. The van der Waals surface area contributed by atoms with Gasteiger partial charge in [-0.15, -0.1) is 0 Å². The van der Waals surface area contributed by atoms with Gasteiger partial charge >= 0.3 is 0 Å². The molecule has 0 aliphatic carbocycles. The van der Waals surface area contributed by atoms with Gasteiger partial charge in [-0.05, 0) is 67.9 Å². The molecule has 3 rings (SSSR count). The molecule has 2 aromatic carbocycles. The van der Waals surface area contributed by atoms with Crippen molar-refractivity contribution in [2.45, 2.75) is 13.8 Å². The molecule has 28 heavy (non-hydrogen) atoms. The van der Waals surface area contributed by atoms with Crippen LogP contribution in [0.2, 0.25) is 0 Å². The monoisotopic (exact) mass is 378 g/mol. The van der Waals surface area contributed by atoms with Gasteiger partial charge < -0.3 is 19.5 Å². The topological polar surface area (TPSA) is 69.7 Å². The number of nitrogens with zero attached hydrogens (tertiary/aromatic N) is 1. The summed E-state index contributed by atoms with van der Waals surface area (Å²) >= 11 is 0. The fourth-order valence-electron chi connectivity index (χ4n) is 2.66. The Morgan fingerprint density at radius 3 is 2.57 bits per heavy atom. The zero-order valence-corrected chi connectivity index (χ0v) is 16.1. The molecule has 1 amide bonds. The van der Waals surface area contributed by atoms with Crippen molar-refractivity contribution in [3.8, 4) is 23.0 Å². The number of benzene rings is 2. The molecule has 0 saturated heterocycles. The Morgan fingerprint density at radius 2 is 1.89 bits per heavy atom. The second-order valence-corrected chi connectivity index (χ2v) is 6.02. The minimum absolute atomic E-state index is 0.235. The van der Waals surface area contributed by atoms with Gasteiger partial charge in [-0.1, -0.05) is 0 Å². The van der Waals surface area contributed by atoms with Gasteiger partial charge in [-0.25, -0.2) is 0 Å². The molecular weight excluding hydrogens is 356 g/mol. The van der Waals surface area contributed by atoms with E-state index in [4.69, 9.17) is 14.2 Å². The number of rotatable bonds is 7. The van der Waals surface area contributed by atoms with Gasteiger partial charge in [0.1, 0.15) is 11.5 Å². The molecule has 6 heteroatoms. The number of aromatic nitrogens is 1. The quantitative estimate of drug-likeness (QED) is 0.637. The Bertz CT molecular complexity index is 958. The molecule has 0 saturated carbocycles. The predicted molar refractivity (Wildman–Crippen MR) is 108 cm³/mol. The van der Waals surface area contributed by atoms with E-state index in [1.807, 2.05) is 38.1 Å². The van der Waals surface area contributed by atoms with Crippen LogP contribution in [0, 0.1) is 6.92 Å². The number of pyridine rings is 1. The molecule has 1 aromatic heterocycles. The molecule has 0 unspecified atom stereocenters. The molecule has 1 heterocycles. The third kappa shape index (κ3) is 4.59. The largest absolute Gasteiger partial charge is 0.493 e. The number of amides is 1. The van der Waals surface area contributed by atoms with Gasteiger partial charge in [-0.3, -0.25) is 9.78 Å². The second kappa shape index (κ2) is 8.90. The van der Waals surface area contributed by atoms with Crippen LogP contribution in [0.3, 0.4) is 0 Å². The highest BCUT2D eigenvalue weighted by Crippen LogP contribution is 2.29. The van der Waals surface area contributed by atoms with Gasteiger partial charge in [0, 0.05) is 17.4 Å². The van der Waals surface area contributed by atoms with Gasteiger partial charge in [0.25, 0.3) is 5.91 Å². The maximum absolute atomic E-state index is 12.6. The lowest BCUT2D eigenvalue weighted by Crippen LogP contribution is -2.12. The minimum Gasteiger partial charge on any atom is -0.493 e. The van der Waals surface area contributed by atoms with Crippen LogP contribution < -0.4 is 19.5 Å². The minimum atomic E-state index is -0.235. The molecular formula is C22H22N2O4. The van der Waals surface area contributed by atoms with E-state index in [1.54, 1.807) is 43.8 Å². The maximum Gasteiger partial charge on any atom is 0.255 e. The molecule has 144 valence electrons. The van der Waals surface area contributed by atoms with Crippen LogP contribution in [0.25, 0.3) is 0 Å². The second-order valence-electron chi connectivity index (χ2n) is 6.02. The molecule has 0 atom stereocenters. The van der Waals surface area contributed by atoms with Crippen LogP contribution in [0.1, 0.15) is 22.8 Å². The van der Waals surface area contributed by atoms with Crippen molar-refractivity contribution in [2.75, 3.05) is 19.0 Å². The summed E-state index contributed by atoms with van der Waals surface area (Å²) in [7, 11) is 1.55. The summed E-state index contributed by atoms with van der Waals surface area (Å²) in [4.78, 5) is 16.6. The summed E-state index contributed by atoms with van der Waals surface area (Å²) in [6, 6.07) is 14.2. The third-order valence-corrected chi connectivity index (χ3v) is 4.02. The lowest BCUT2D eigenvalue weighted by atomic mass is 10.1. The van der Waals surface area contributed by atoms with Crippen molar-refractivity contribution in [3.63, 3.8) is 0 Å². The highest BCUT2D eigenvalue weighted by Gasteiger charge is 2.12. The van der Waals surface area contributed by atoms with Crippen LogP contribution in [0.15, 0.2) is 60.9 Å². The standard InChI is InChI=1S/C22H22N2O4/c1-4-27-20-9-7-16(13-21(20)26-3)22(25)24-17-8-10-19(15(2)12-17)28-18-6-5-11-23-14-18/h5-14H,4H2,1-3H3,(H,24,25). The number of ether oxygens (including phenoxy) is 3. The summed E-state index contributed by atoms with van der Waals surface area (Å²) in [5.41, 5.74) is 2.05. The summed E-state index contributed by atoms with van der Waals surface area (Å²) < 4.78 is 16.6. The zero-order valence-electron chi connectivity index (χ0n) is 16.1. The molecule has 0 aliphatic heterocycles. The molecule has 0 bridgehead atoms. The Balaban J connectivity index is 1.73. The Kier molecular flexibility index (Phi) is 6.11. The van der Waals surface area contributed by atoms with E-state index in [2.05, 4.69) is 10.3 Å². The smallest absolute Gasteiger partial charge is 0.255 e. The summed E-state index contributed by atoms with van der Waals surface area (Å²) in [6.45, 7) is 4.33. The van der Waals surface area contributed by atoms with E-state index in [0.717, 1.165) is 5.56 Å². The molecule has 3 aromatic rings. The predicted octanol–water partition coefficient (Wildman–Crippen LogP) is 4.84. The fourth-order valence-corrected chi connectivity index (χ4v) is 2.66. The van der Waals surface area contributed by atoms with Crippen LogP contribution in [0.4, 0.5) is 5.69 Å². The van der Waals surface area contributed by atoms with Crippen molar-refractivity contribution >= 4 is 11.6 Å². The summed E-state index contributed by atoms with van der Waals surface area (Å²) in [6.07, 6.45) is 3.34. The Morgan fingerprint density at radius 1 is 1.07 bits per heavy atom. The van der Waals surface area contributed by atoms with Crippen molar-refractivity contribution in [1.29, 1.82) is 0 Å². The van der Waals surface area contributed by atoms with E-state index in [-0.39, 0.29) is 5.91 Å². The number of nitrogens with one attached hydrogen (secondary N) is 1. The molecule has 0 radical (unpaired) electrons. The van der Waals surface area contributed by atoms with Crippen molar-refractivity contribution < 1.29 is 19.0 Å². The van der Waals surface area contributed by atoms with E-state index in [9.17, 15) is 4.79 Å². The molecule has 6 nitrogen and oxygen atoms in total. The number of hydrogen-bond donors (Lipinski definition) is 1. The van der Waals surface area contributed by atoms with Crippen LogP contribution >= 0.6 is 0 Å². The van der Waals surface area contributed by atoms with Crippen LogP contribution in [0.5, 0.6) is 23.0 Å². The van der Waals surface area contributed by atoms with Gasteiger partial charge in [0.05, 0.1) is 19.9 Å². The molecule has 0 fully saturated rings. The maximum atomic E-state index is 12.6. The van der Waals surface area contributed by atoms with E-state index in [1.165, 1.54) is 0 Å². The number of anilines is 1. The van der Waals surface area contributed by atoms with Crippen LogP contribution in [-0.4, -0.2) is 24.6 Å². The number of methoxy groups -OCH3 is 1. The zero-order chi connectivity index (χ0) is 19.9. The first kappa shape index (κ1) is 19.2. The number of aryl methyl sites for hydroxylation is 1. The molecule has 1 N–H and O–H groups in total. The average molecular weight is 378 g/mol. The van der Waals surface area contributed by atoms with Gasteiger partial charge in [-0.2, -0.15) is 0 Å². The first-order valence-corrected chi connectivity index (χ1v) is 8.91. The molecule has 0 aliphatic rings. The summed E-state index contributed by atoms with van der Waals surface area (Å²) in [5.74, 6) is 2.25. The van der Waals surface area contributed by atoms with Crippen molar-refractivity contribution in [2.24, 2.45) is 0 Å².